The molecule has 0 saturated carbocycles. The van der Waals surface area contributed by atoms with Gasteiger partial charge in [0.2, 0.25) is 0 Å². The summed E-state index contributed by atoms with van der Waals surface area (Å²) in [5.74, 6) is 0.798. The smallest absolute Gasteiger partial charge is 0.283 e. The molecule has 0 radical (unpaired) electrons. The topological polar surface area (TPSA) is 46.9 Å². The fraction of sp³-hybridized carbons (Fsp3) is 0.625. The van der Waals surface area contributed by atoms with Crippen molar-refractivity contribution in [2.75, 3.05) is 11.9 Å². The van der Waals surface area contributed by atoms with Gasteiger partial charge in [0, 0.05) is 6.54 Å². The van der Waals surface area contributed by atoms with Crippen LogP contribution in [-0.4, -0.2) is 16.3 Å². The maximum atomic E-state index is 12.0. The summed E-state index contributed by atoms with van der Waals surface area (Å²) in [7, 11) is 0. The Kier molecular flexibility index (Phi) is 8.35. The number of rotatable bonds is 10. The molecule has 21 heavy (non-hydrogen) atoms. The number of allylic oxidation sites excluding steroid dienone is 1. The first kappa shape index (κ1) is 18.0. The third-order valence-electron chi connectivity index (χ3n) is 3.31. The Labute approximate surface area is 135 Å². The number of halogens is 1. The van der Waals surface area contributed by atoms with E-state index in [0.717, 1.165) is 24.6 Å². The van der Waals surface area contributed by atoms with Crippen LogP contribution in [0.5, 0.6) is 0 Å². The highest BCUT2D eigenvalue weighted by Gasteiger charge is 2.07. The van der Waals surface area contributed by atoms with Crippen molar-refractivity contribution in [1.29, 1.82) is 0 Å². The maximum absolute atomic E-state index is 12.0. The molecule has 5 heteroatoms. The molecule has 118 valence electrons. The van der Waals surface area contributed by atoms with Gasteiger partial charge in [0.25, 0.3) is 5.56 Å². The van der Waals surface area contributed by atoms with Crippen LogP contribution < -0.4 is 10.9 Å². The van der Waals surface area contributed by atoms with Crippen LogP contribution in [0, 0.1) is 5.92 Å². The lowest BCUT2D eigenvalue weighted by Gasteiger charge is -2.09. The largest absolute Gasteiger partial charge is 0.383 e. The number of unbranched alkanes of at least 4 members (excludes halogenated alkanes) is 3. The molecule has 0 amide bonds. The fourth-order valence-corrected chi connectivity index (χ4v) is 2.54. The minimum atomic E-state index is -0.128. The van der Waals surface area contributed by atoms with Crippen LogP contribution in [0.15, 0.2) is 28.1 Å². The minimum Gasteiger partial charge on any atom is -0.383 e. The lowest BCUT2D eigenvalue weighted by atomic mass is 10.0. The van der Waals surface area contributed by atoms with Gasteiger partial charge in [0.15, 0.2) is 0 Å². The number of nitrogens with one attached hydrogen (secondary N) is 1. The minimum absolute atomic E-state index is 0.128. The van der Waals surface area contributed by atoms with Crippen molar-refractivity contribution in [2.24, 2.45) is 5.92 Å². The van der Waals surface area contributed by atoms with Gasteiger partial charge in [-0.25, -0.2) is 4.68 Å². The average Bonchev–Trinajstić information content (AvgIpc) is 2.45. The molecule has 1 aromatic heterocycles. The van der Waals surface area contributed by atoms with Crippen molar-refractivity contribution in [1.82, 2.24) is 9.78 Å². The highest BCUT2D eigenvalue weighted by molar-refractivity contribution is 9.10. The predicted molar refractivity (Wildman–Crippen MR) is 92.8 cm³/mol. The van der Waals surface area contributed by atoms with E-state index in [1.54, 1.807) is 12.3 Å². The van der Waals surface area contributed by atoms with Gasteiger partial charge in [-0.1, -0.05) is 45.6 Å². The Morgan fingerprint density at radius 2 is 2.10 bits per heavy atom. The number of nitrogens with zero attached hydrogens (tertiary/aromatic N) is 2. The maximum Gasteiger partial charge on any atom is 0.283 e. The van der Waals surface area contributed by atoms with Crippen LogP contribution in [0.4, 0.5) is 5.69 Å². The van der Waals surface area contributed by atoms with E-state index in [1.165, 1.54) is 30.4 Å². The molecular formula is C16H26BrN3O. The Morgan fingerprint density at radius 3 is 2.76 bits per heavy atom. The highest BCUT2D eigenvalue weighted by Crippen LogP contribution is 2.16. The van der Waals surface area contributed by atoms with E-state index in [9.17, 15) is 4.79 Å². The van der Waals surface area contributed by atoms with Crippen LogP contribution in [-0.2, 0) is 6.54 Å². The van der Waals surface area contributed by atoms with Gasteiger partial charge in [-0.2, -0.15) is 5.10 Å². The lowest BCUT2D eigenvalue weighted by Crippen LogP contribution is -2.24. The first-order chi connectivity index (χ1) is 10.1. The van der Waals surface area contributed by atoms with Crippen molar-refractivity contribution < 1.29 is 0 Å². The first-order valence-corrected chi connectivity index (χ1v) is 8.46. The van der Waals surface area contributed by atoms with Crippen molar-refractivity contribution >= 4 is 21.6 Å². The second-order valence-electron chi connectivity index (χ2n) is 5.67. The summed E-state index contributed by atoms with van der Waals surface area (Å²) >= 11 is 3.34. The molecule has 0 saturated heterocycles. The molecule has 1 aromatic rings. The molecule has 0 aliphatic rings. The number of anilines is 1. The van der Waals surface area contributed by atoms with Crippen molar-refractivity contribution in [3.8, 4) is 0 Å². The average molecular weight is 356 g/mol. The molecule has 0 aliphatic carbocycles. The molecule has 0 aliphatic heterocycles. The van der Waals surface area contributed by atoms with Crippen LogP contribution in [0.25, 0.3) is 0 Å². The molecule has 0 spiro atoms. The van der Waals surface area contributed by atoms with Gasteiger partial charge < -0.3 is 5.32 Å². The molecule has 0 fully saturated rings. The first-order valence-electron chi connectivity index (χ1n) is 7.66. The molecule has 4 nitrogen and oxygen atoms in total. The summed E-state index contributed by atoms with van der Waals surface area (Å²) in [6.07, 6.45) is 9.57. The third kappa shape index (κ3) is 6.46. The Morgan fingerprint density at radius 1 is 1.38 bits per heavy atom. The molecular weight excluding hydrogens is 330 g/mol. The Balaban J connectivity index is 2.34. The molecule has 0 atom stereocenters. The van der Waals surface area contributed by atoms with Gasteiger partial charge in [-0.3, -0.25) is 4.79 Å². The molecule has 1 N–H and O–H groups in total. The van der Waals surface area contributed by atoms with Crippen LogP contribution in [0.2, 0.25) is 0 Å². The molecule has 1 heterocycles. The number of hydrogen-bond donors (Lipinski definition) is 1. The zero-order valence-corrected chi connectivity index (χ0v) is 14.7. The van der Waals surface area contributed by atoms with E-state index in [4.69, 9.17) is 0 Å². The van der Waals surface area contributed by atoms with Crippen LogP contribution in [0.3, 0.4) is 0 Å². The summed E-state index contributed by atoms with van der Waals surface area (Å²) in [6, 6.07) is 0. The van der Waals surface area contributed by atoms with E-state index in [-0.39, 0.29) is 5.56 Å². The zero-order valence-electron chi connectivity index (χ0n) is 13.1. The quantitative estimate of drug-likeness (QED) is 0.505. The van der Waals surface area contributed by atoms with E-state index < -0.39 is 0 Å². The van der Waals surface area contributed by atoms with E-state index in [2.05, 4.69) is 46.8 Å². The van der Waals surface area contributed by atoms with Gasteiger partial charge >= 0.3 is 0 Å². The molecule has 0 bridgehead atoms. The van der Waals surface area contributed by atoms with Crippen molar-refractivity contribution in [3.63, 3.8) is 0 Å². The van der Waals surface area contributed by atoms with Gasteiger partial charge in [-0.05, 0) is 28.3 Å². The SMILES string of the molecule is C=CCn1ncc(NCCCCCCC(C)C)c(Br)c1=O. The number of aromatic nitrogens is 2. The zero-order chi connectivity index (χ0) is 15.7. The van der Waals surface area contributed by atoms with E-state index >= 15 is 0 Å². The summed E-state index contributed by atoms with van der Waals surface area (Å²) in [6.45, 7) is 9.44. The normalized spacial score (nSPS) is 10.9. The van der Waals surface area contributed by atoms with E-state index in [1.807, 2.05) is 0 Å². The summed E-state index contributed by atoms with van der Waals surface area (Å²) < 4.78 is 1.92. The van der Waals surface area contributed by atoms with Crippen molar-refractivity contribution in [2.45, 2.75) is 52.5 Å². The number of hydrogen-bond acceptors (Lipinski definition) is 3. The van der Waals surface area contributed by atoms with E-state index in [0.29, 0.717) is 11.0 Å². The van der Waals surface area contributed by atoms with Crippen LogP contribution in [0.1, 0.15) is 46.0 Å². The second-order valence-corrected chi connectivity index (χ2v) is 6.46. The van der Waals surface area contributed by atoms with Crippen LogP contribution >= 0.6 is 15.9 Å². The summed E-state index contributed by atoms with van der Waals surface area (Å²) in [4.78, 5) is 12.0. The van der Waals surface area contributed by atoms with Gasteiger partial charge in [-0.15, -0.1) is 6.58 Å². The summed E-state index contributed by atoms with van der Waals surface area (Å²) in [5, 5.41) is 7.39. The molecule has 0 aromatic carbocycles. The van der Waals surface area contributed by atoms with Gasteiger partial charge in [0.05, 0.1) is 18.4 Å². The molecule has 0 unspecified atom stereocenters. The monoisotopic (exact) mass is 355 g/mol. The standard InChI is InChI=1S/C16H26BrN3O/c1-4-11-20-16(21)15(17)14(12-19-20)18-10-8-6-5-7-9-13(2)3/h4,12-13,18H,1,5-11H2,2-3H3. The second kappa shape index (κ2) is 9.77. The fourth-order valence-electron chi connectivity index (χ4n) is 2.09. The Hall–Kier alpha value is -1.10. The Bertz CT molecular complexity index is 497. The van der Waals surface area contributed by atoms with Gasteiger partial charge in [0.1, 0.15) is 4.47 Å². The highest BCUT2D eigenvalue weighted by atomic mass is 79.9. The summed E-state index contributed by atoms with van der Waals surface area (Å²) in [5.41, 5.74) is 0.638. The lowest BCUT2D eigenvalue weighted by molar-refractivity contribution is 0.523. The predicted octanol–water partition coefficient (Wildman–Crippen LogP) is 4.21. The van der Waals surface area contributed by atoms with Crippen molar-refractivity contribution in [3.05, 3.63) is 33.7 Å². The third-order valence-corrected chi connectivity index (χ3v) is 4.08. The molecule has 1 rings (SSSR count).